The summed E-state index contributed by atoms with van der Waals surface area (Å²) in [4.78, 5) is 24.5. The second-order valence-electron chi connectivity index (χ2n) is 9.08. The van der Waals surface area contributed by atoms with Crippen LogP contribution in [0.25, 0.3) is 22.3 Å². The number of pyridine rings is 2. The van der Waals surface area contributed by atoms with Gasteiger partial charge in [-0.05, 0) is 54.1 Å². The van der Waals surface area contributed by atoms with E-state index in [2.05, 4.69) is 15.0 Å². The van der Waals surface area contributed by atoms with Crippen LogP contribution in [0.1, 0.15) is 33.0 Å². The van der Waals surface area contributed by atoms with E-state index in [0.717, 1.165) is 12.1 Å². The van der Waals surface area contributed by atoms with Gasteiger partial charge in [-0.2, -0.15) is 5.26 Å². The van der Waals surface area contributed by atoms with Gasteiger partial charge in [-0.25, -0.2) is 23.5 Å². The molecule has 0 aliphatic heterocycles. The van der Waals surface area contributed by atoms with E-state index in [0.29, 0.717) is 41.3 Å². The summed E-state index contributed by atoms with van der Waals surface area (Å²) in [6.45, 7) is 0.745. The number of carboxylic acids is 1. The fraction of sp³-hybridized carbons (Fsp3) is 0.167. The first-order valence-electron chi connectivity index (χ1n) is 12.5. The molecule has 0 aliphatic carbocycles. The molecular weight excluding hydrogens is 532 g/mol. The monoisotopic (exact) mass is 555 g/mol. The molecule has 5 aromatic rings. The summed E-state index contributed by atoms with van der Waals surface area (Å²) < 4.78 is 43.3. The molecule has 1 N–H and O–H groups in total. The number of aromatic carboxylic acids is 1. The Morgan fingerprint density at radius 3 is 2.66 bits per heavy atom. The Kier molecular flexibility index (Phi) is 7.94. The van der Waals surface area contributed by atoms with Crippen molar-refractivity contribution in [1.29, 1.82) is 5.26 Å². The number of ether oxygens (including phenoxy) is 2. The number of methoxy groups -OCH3 is 1. The van der Waals surface area contributed by atoms with Crippen LogP contribution in [0.15, 0.2) is 66.9 Å². The molecule has 41 heavy (non-hydrogen) atoms. The highest BCUT2D eigenvalue weighted by atomic mass is 19.1. The molecule has 0 unspecified atom stereocenters. The van der Waals surface area contributed by atoms with Crippen molar-refractivity contribution in [2.75, 3.05) is 13.7 Å². The third-order valence-electron chi connectivity index (χ3n) is 6.40. The van der Waals surface area contributed by atoms with Crippen molar-refractivity contribution in [1.82, 2.24) is 19.5 Å². The summed E-state index contributed by atoms with van der Waals surface area (Å²) in [5, 5.41) is 18.3. The van der Waals surface area contributed by atoms with E-state index in [4.69, 9.17) is 14.7 Å². The van der Waals surface area contributed by atoms with Crippen molar-refractivity contribution in [2.45, 2.75) is 19.6 Å². The third-order valence-corrected chi connectivity index (χ3v) is 6.40. The normalized spacial score (nSPS) is 11.0. The minimum absolute atomic E-state index is 0.0298. The number of fused-ring (bicyclic) bond motifs is 1. The maximum Gasteiger partial charge on any atom is 0.335 e. The Hall–Kier alpha value is -5.21. The molecule has 0 amide bonds. The molecule has 0 bridgehead atoms. The van der Waals surface area contributed by atoms with Crippen molar-refractivity contribution < 1.29 is 28.2 Å². The Morgan fingerprint density at radius 1 is 1.07 bits per heavy atom. The van der Waals surface area contributed by atoms with Crippen LogP contribution in [0.4, 0.5) is 8.78 Å². The van der Waals surface area contributed by atoms with Gasteiger partial charge < -0.3 is 19.1 Å². The summed E-state index contributed by atoms with van der Waals surface area (Å²) in [5.74, 6) is -1.76. The Balaban J connectivity index is 1.40. The Labute approximate surface area is 233 Å². The van der Waals surface area contributed by atoms with E-state index in [1.165, 1.54) is 25.4 Å². The average molecular weight is 556 g/mol. The summed E-state index contributed by atoms with van der Waals surface area (Å²) in [7, 11) is 1.53. The highest BCUT2D eigenvalue weighted by Crippen LogP contribution is 2.28. The molecule has 206 valence electrons. The molecular formula is C30H23F2N5O4. The number of halogens is 2. The van der Waals surface area contributed by atoms with Crippen LogP contribution in [-0.2, 0) is 24.3 Å². The largest absolute Gasteiger partial charge is 0.478 e. The molecule has 0 spiro atoms. The van der Waals surface area contributed by atoms with Gasteiger partial charge in [0, 0.05) is 37.9 Å². The average Bonchev–Trinajstić information content (AvgIpc) is 3.33. The highest BCUT2D eigenvalue weighted by molar-refractivity contribution is 5.92. The van der Waals surface area contributed by atoms with Gasteiger partial charge in [0.15, 0.2) is 0 Å². The fourth-order valence-electron chi connectivity index (χ4n) is 4.33. The quantitative estimate of drug-likeness (QED) is 0.251. The van der Waals surface area contributed by atoms with Crippen molar-refractivity contribution in [3.63, 3.8) is 0 Å². The summed E-state index contributed by atoms with van der Waals surface area (Å²) in [6, 6.07) is 16.8. The fourth-order valence-corrected chi connectivity index (χ4v) is 4.33. The lowest BCUT2D eigenvalue weighted by Crippen LogP contribution is -2.10. The number of rotatable bonds is 10. The predicted molar refractivity (Wildman–Crippen MR) is 144 cm³/mol. The molecule has 9 nitrogen and oxygen atoms in total. The van der Waals surface area contributed by atoms with Gasteiger partial charge >= 0.3 is 5.97 Å². The maximum atomic E-state index is 15.3. The van der Waals surface area contributed by atoms with E-state index in [9.17, 15) is 9.90 Å². The predicted octanol–water partition coefficient (Wildman–Crippen LogP) is 5.16. The summed E-state index contributed by atoms with van der Waals surface area (Å²) >= 11 is 0. The van der Waals surface area contributed by atoms with Crippen LogP contribution in [-0.4, -0.2) is 44.3 Å². The molecule has 0 atom stereocenters. The second kappa shape index (κ2) is 11.9. The maximum absolute atomic E-state index is 15.3. The first-order valence-corrected chi connectivity index (χ1v) is 12.5. The number of nitrogens with zero attached hydrogens (tertiary/aromatic N) is 5. The lowest BCUT2D eigenvalue weighted by molar-refractivity contribution is 0.0697. The van der Waals surface area contributed by atoms with Crippen molar-refractivity contribution in [3.05, 3.63) is 107 Å². The third kappa shape index (κ3) is 6.03. The Bertz CT molecular complexity index is 1780. The number of carbonyl (C=O) groups is 1. The Morgan fingerprint density at radius 2 is 1.93 bits per heavy atom. The molecule has 0 radical (unpaired) electrons. The van der Waals surface area contributed by atoms with Crippen molar-refractivity contribution in [2.24, 2.45) is 0 Å². The van der Waals surface area contributed by atoms with E-state index >= 15 is 8.78 Å². The minimum Gasteiger partial charge on any atom is -0.478 e. The molecule has 0 saturated heterocycles. The van der Waals surface area contributed by atoms with Crippen molar-refractivity contribution in [3.8, 4) is 23.2 Å². The molecule has 0 saturated carbocycles. The number of hydrogen-bond acceptors (Lipinski definition) is 7. The second-order valence-corrected chi connectivity index (χ2v) is 9.08. The molecule has 5 rings (SSSR count). The number of aromatic nitrogens is 4. The van der Waals surface area contributed by atoms with Crippen LogP contribution < -0.4 is 4.74 Å². The van der Waals surface area contributed by atoms with Crippen LogP contribution in [0.2, 0.25) is 0 Å². The number of benzene rings is 2. The molecule has 0 fully saturated rings. The topological polar surface area (TPSA) is 123 Å². The summed E-state index contributed by atoms with van der Waals surface area (Å²) in [6.07, 6.45) is 1.40. The van der Waals surface area contributed by atoms with Gasteiger partial charge in [0.05, 0.1) is 40.2 Å². The molecule has 11 heteroatoms. The zero-order valence-electron chi connectivity index (χ0n) is 21.8. The van der Waals surface area contributed by atoms with Crippen LogP contribution in [0.5, 0.6) is 5.88 Å². The SMILES string of the molecule is COCCn1c(Cc2cc(F)c(-c3cccc(OCc4ccc(C#N)cn4)n3)cc2F)nc2ccc(C(=O)O)cc21. The highest BCUT2D eigenvalue weighted by Gasteiger charge is 2.18. The number of nitriles is 1. The number of carboxylic acid groups (broad SMARTS) is 1. The molecule has 3 aromatic heterocycles. The van der Waals surface area contributed by atoms with Crippen LogP contribution >= 0.6 is 0 Å². The van der Waals surface area contributed by atoms with Gasteiger partial charge in [-0.3, -0.25) is 4.98 Å². The number of hydrogen-bond donors (Lipinski definition) is 1. The van der Waals surface area contributed by atoms with E-state index in [1.54, 1.807) is 41.0 Å². The van der Waals surface area contributed by atoms with Gasteiger partial charge in [-0.1, -0.05) is 6.07 Å². The standard InChI is InChI=1S/C30H23F2N5O4/c1-40-10-9-37-27-12-19(30(38)39)6-8-26(27)35-28(37)13-20-11-24(32)22(14-23(20)31)25-3-2-4-29(36-25)41-17-21-7-5-18(15-33)16-34-21/h2-8,11-12,14,16H,9-10,13,17H2,1H3,(H,38,39). The zero-order valence-corrected chi connectivity index (χ0v) is 21.8. The van der Waals surface area contributed by atoms with Crippen LogP contribution in [0, 0.1) is 23.0 Å². The first-order chi connectivity index (χ1) is 19.9. The summed E-state index contributed by atoms with van der Waals surface area (Å²) in [5.41, 5.74) is 2.43. The lowest BCUT2D eigenvalue weighted by atomic mass is 10.0. The first kappa shape index (κ1) is 27.4. The molecule has 3 heterocycles. The lowest BCUT2D eigenvalue weighted by Gasteiger charge is -2.12. The van der Waals surface area contributed by atoms with E-state index in [-0.39, 0.29) is 41.3 Å². The van der Waals surface area contributed by atoms with Gasteiger partial charge in [-0.15, -0.1) is 0 Å². The van der Waals surface area contributed by atoms with Gasteiger partial charge in [0.1, 0.15) is 30.1 Å². The smallest absolute Gasteiger partial charge is 0.335 e. The van der Waals surface area contributed by atoms with Gasteiger partial charge in [0.25, 0.3) is 0 Å². The minimum atomic E-state index is -1.08. The molecule has 2 aromatic carbocycles. The van der Waals surface area contributed by atoms with Gasteiger partial charge in [0.2, 0.25) is 5.88 Å². The van der Waals surface area contributed by atoms with Crippen molar-refractivity contribution >= 4 is 17.0 Å². The van der Waals surface area contributed by atoms with Crippen LogP contribution in [0.3, 0.4) is 0 Å². The van der Waals surface area contributed by atoms with E-state index < -0.39 is 17.6 Å². The number of imidazole rings is 1. The zero-order chi connectivity index (χ0) is 28.9. The van der Waals surface area contributed by atoms with E-state index in [1.807, 2.05) is 6.07 Å². The molecule has 0 aliphatic rings.